The highest BCUT2D eigenvalue weighted by Crippen LogP contribution is 2.37. The van der Waals surface area contributed by atoms with Gasteiger partial charge in [-0.3, -0.25) is 19.8 Å². The lowest BCUT2D eigenvalue weighted by molar-refractivity contribution is -0.384. The molecule has 0 unspecified atom stereocenters. The van der Waals surface area contributed by atoms with Crippen molar-refractivity contribution in [2.75, 3.05) is 18.1 Å². The SMILES string of the molecule is C=CCOc1ccc(/C=C2\SC(=S)N(c3ccc([N+](=O)[O-])cc3)C2=O)cc1OCC. The Bertz CT molecular complexity index is 1030. The van der Waals surface area contributed by atoms with E-state index in [-0.39, 0.29) is 11.6 Å². The van der Waals surface area contributed by atoms with Gasteiger partial charge in [0.1, 0.15) is 6.61 Å². The fourth-order valence-electron chi connectivity index (χ4n) is 2.72. The molecule has 9 heteroatoms. The molecular weight excluding hydrogens is 424 g/mol. The summed E-state index contributed by atoms with van der Waals surface area (Å²) in [4.78, 5) is 25.1. The van der Waals surface area contributed by atoms with Gasteiger partial charge >= 0.3 is 0 Å². The zero-order valence-corrected chi connectivity index (χ0v) is 17.7. The van der Waals surface area contributed by atoms with Crippen LogP contribution in [0.1, 0.15) is 12.5 Å². The Kier molecular flexibility index (Phi) is 6.86. The van der Waals surface area contributed by atoms with Gasteiger partial charge in [-0.05, 0) is 42.8 Å². The molecule has 0 bridgehead atoms. The highest BCUT2D eigenvalue weighted by atomic mass is 32.2. The largest absolute Gasteiger partial charge is 0.490 e. The molecule has 0 spiro atoms. The minimum absolute atomic E-state index is 0.0538. The monoisotopic (exact) mass is 442 g/mol. The number of thioether (sulfide) groups is 1. The number of thiocarbonyl (C=S) groups is 1. The van der Waals surface area contributed by atoms with Gasteiger partial charge in [0.15, 0.2) is 15.8 Å². The summed E-state index contributed by atoms with van der Waals surface area (Å²) in [5, 5.41) is 10.8. The van der Waals surface area contributed by atoms with Gasteiger partial charge in [-0.1, -0.05) is 42.7 Å². The minimum Gasteiger partial charge on any atom is -0.490 e. The maximum absolute atomic E-state index is 12.9. The third-order valence-corrected chi connectivity index (χ3v) is 5.34. The molecule has 1 aliphatic rings. The summed E-state index contributed by atoms with van der Waals surface area (Å²) in [6.07, 6.45) is 3.37. The Labute approximate surface area is 183 Å². The number of nitro benzene ring substituents is 1. The van der Waals surface area contributed by atoms with Crippen LogP contribution in [0.25, 0.3) is 6.08 Å². The number of carbonyl (C=O) groups is 1. The summed E-state index contributed by atoms with van der Waals surface area (Å²) in [7, 11) is 0. The molecule has 3 rings (SSSR count). The van der Waals surface area contributed by atoms with Crippen LogP contribution in [0.2, 0.25) is 0 Å². The van der Waals surface area contributed by atoms with Gasteiger partial charge in [0.25, 0.3) is 11.6 Å². The van der Waals surface area contributed by atoms with Gasteiger partial charge in [-0.25, -0.2) is 0 Å². The first-order chi connectivity index (χ1) is 14.4. The molecule has 0 aromatic heterocycles. The number of rotatable bonds is 8. The molecule has 30 heavy (non-hydrogen) atoms. The van der Waals surface area contributed by atoms with E-state index in [1.54, 1.807) is 24.3 Å². The van der Waals surface area contributed by atoms with Crippen molar-refractivity contribution in [3.63, 3.8) is 0 Å². The van der Waals surface area contributed by atoms with Crippen LogP contribution in [0.4, 0.5) is 11.4 Å². The zero-order chi connectivity index (χ0) is 21.7. The van der Waals surface area contributed by atoms with E-state index in [0.717, 1.165) is 5.56 Å². The summed E-state index contributed by atoms with van der Waals surface area (Å²) in [6.45, 7) is 6.33. The normalized spacial score (nSPS) is 14.8. The number of hydrogen-bond acceptors (Lipinski definition) is 7. The summed E-state index contributed by atoms with van der Waals surface area (Å²) in [6, 6.07) is 11.1. The van der Waals surface area contributed by atoms with Crippen LogP contribution in [0.5, 0.6) is 11.5 Å². The summed E-state index contributed by atoms with van der Waals surface area (Å²) in [5.41, 5.74) is 1.19. The third-order valence-electron chi connectivity index (χ3n) is 4.03. The van der Waals surface area contributed by atoms with E-state index in [2.05, 4.69) is 6.58 Å². The maximum atomic E-state index is 12.9. The first kappa shape index (κ1) is 21.5. The van der Waals surface area contributed by atoms with Crippen LogP contribution in [0.3, 0.4) is 0 Å². The number of nitrogens with zero attached hydrogens (tertiary/aromatic N) is 2. The predicted molar refractivity (Wildman–Crippen MR) is 122 cm³/mol. The molecule has 154 valence electrons. The average Bonchev–Trinajstić information content (AvgIpc) is 3.00. The fourth-order valence-corrected chi connectivity index (χ4v) is 4.01. The van der Waals surface area contributed by atoms with E-state index in [9.17, 15) is 14.9 Å². The van der Waals surface area contributed by atoms with Gasteiger partial charge in [0.2, 0.25) is 0 Å². The summed E-state index contributed by atoms with van der Waals surface area (Å²) < 4.78 is 11.6. The lowest BCUT2D eigenvalue weighted by Crippen LogP contribution is -2.27. The lowest BCUT2D eigenvalue weighted by atomic mass is 10.1. The molecule has 1 heterocycles. The van der Waals surface area contributed by atoms with E-state index in [1.807, 2.05) is 13.0 Å². The molecule has 1 saturated heterocycles. The molecular formula is C21H18N2O5S2. The van der Waals surface area contributed by atoms with Crippen LogP contribution < -0.4 is 14.4 Å². The van der Waals surface area contributed by atoms with Gasteiger partial charge in [0.05, 0.1) is 22.1 Å². The smallest absolute Gasteiger partial charge is 0.270 e. The molecule has 0 saturated carbocycles. The van der Waals surface area contributed by atoms with Crippen LogP contribution in [0.15, 0.2) is 60.0 Å². The van der Waals surface area contributed by atoms with E-state index < -0.39 is 4.92 Å². The van der Waals surface area contributed by atoms with E-state index in [1.165, 1.54) is 40.9 Å². The van der Waals surface area contributed by atoms with Gasteiger partial charge < -0.3 is 9.47 Å². The summed E-state index contributed by atoms with van der Waals surface area (Å²) >= 11 is 6.52. The molecule has 1 fully saturated rings. The van der Waals surface area contributed by atoms with E-state index in [0.29, 0.717) is 39.6 Å². The molecule has 1 aliphatic heterocycles. The Morgan fingerprint density at radius 1 is 1.20 bits per heavy atom. The number of carbonyl (C=O) groups excluding carboxylic acids is 1. The Hall–Kier alpha value is -3.17. The number of ether oxygens (including phenoxy) is 2. The van der Waals surface area contributed by atoms with Crippen molar-refractivity contribution in [2.24, 2.45) is 0 Å². The molecule has 0 aliphatic carbocycles. The second-order valence-electron chi connectivity index (χ2n) is 6.03. The van der Waals surface area contributed by atoms with Crippen molar-refractivity contribution in [1.29, 1.82) is 0 Å². The molecule has 7 nitrogen and oxygen atoms in total. The zero-order valence-electron chi connectivity index (χ0n) is 16.1. The first-order valence-electron chi connectivity index (χ1n) is 8.97. The van der Waals surface area contributed by atoms with Crippen LogP contribution in [-0.4, -0.2) is 28.4 Å². The minimum atomic E-state index is -0.494. The van der Waals surface area contributed by atoms with Crippen LogP contribution >= 0.6 is 24.0 Å². The number of nitro groups is 1. The maximum Gasteiger partial charge on any atom is 0.270 e. The lowest BCUT2D eigenvalue weighted by Gasteiger charge is -2.14. The van der Waals surface area contributed by atoms with Gasteiger partial charge in [0, 0.05) is 12.1 Å². The number of amides is 1. The molecule has 0 atom stereocenters. The van der Waals surface area contributed by atoms with Crippen molar-refractivity contribution in [3.05, 3.63) is 75.7 Å². The van der Waals surface area contributed by atoms with E-state index in [4.69, 9.17) is 21.7 Å². The first-order valence-corrected chi connectivity index (χ1v) is 10.2. The fraction of sp³-hybridized carbons (Fsp3) is 0.143. The number of hydrogen-bond donors (Lipinski definition) is 0. The van der Waals surface area contributed by atoms with Crippen molar-refractivity contribution in [3.8, 4) is 11.5 Å². The second kappa shape index (κ2) is 9.55. The highest BCUT2D eigenvalue weighted by molar-refractivity contribution is 8.27. The standard InChI is InChI=1S/C21H18N2O5S2/c1-3-11-28-17-10-5-14(12-18(17)27-4-2)13-19-20(24)22(21(29)30-19)15-6-8-16(9-7-15)23(25)26/h3,5-10,12-13H,1,4,11H2,2H3/b19-13-. The van der Waals surface area contributed by atoms with Gasteiger partial charge in [-0.15, -0.1) is 0 Å². The quantitative estimate of drug-likeness (QED) is 0.188. The number of non-ortho nitro benzene ring substituents is 1. The summed E-state index contributed by atoms with van der Waals surface area (Å²) in [5.74, 6) is 0.870. The third kappa shape index (κ3) is 4.69. The Balaban J connectivity index is 1.86. The molecule has 0 N–H and O–H groups in total. The number of benzene rings is 2. The van der Waals surface area contributed by atoms with Crippen LogP contribution in [0, 0.1) is 10.1 Å². The second-order valence-corrected chi connectivity index (χ2v) is 7.71. The Morgan fingerprint density at radius 2 is 1.93 bits per heavy atom. The molecule has 2 aromatic carbocycles. The molecule has 0 radical (unpaired) electrons. The van der Waals surface area contributed by atoms with Crippen molar-refractivity contribution < 1.29 is 19.2 Å². The van der Waals surface area contributed by atoms with E-state index >= 15 is 0 Å². The predicted octanol–water partition coefficient (Wildman–Crippen LogP) is 4.96. The van der Waals surface area contributed by atoms with Crippen molar-refractivity contribution in [1.82, 2.24) is 0 Å². The van der Waals surface area contributed by atoms with Crippen LogP contribution in [-0.2, 0) is 4.79 Å². The molecule has 2 aromatic rings. The average molecular weight is 443 g/mol. The van der Waals surface area contributed by atoms with Crippen molar-refractivity contribution >= 4 is 51.7 Å². The van der Waals surface area contributed by atoms with Crippen molar-refractivity contribution in [2.45, 2.75) is 6.92 Å². The molecule has 1 amide bonds. The highest BCUT2D eigenvalue weighted by Gasteiger charge is 2.33. The van der Waals surface area contributed by atoms with Gasteiger partial charge in [-0.2, -0.15) is 0 Å². The number of anilines is 1. The topological polar surface area (TPSA) is 81.9 Å². The Morgan fingerprint density at radius 3 is 2.57 bits per heavy atom.